The minimum absolute atomic E-state index is 0.132. The molecule has 0 unspecified atom stereocenters. The quantitative estimate of drug-likeness (QED) is 0.243. The summed E-state index contributed by atoms with van der Waals surface area (Å²) >= 11 is 7.30. The number of amides is 1. The Labute approximate surface area is 231 Å². The largest absolute Gasteiger partial charge is 0.495 e. The molecule has 7 nitrogen and oxygen atoms in total. The van der Waals surface area contributed by atoms with Gasteiger partial charge in [-0.2, -0.15) is 0 Å². The summed E-state index contributed by atoms with van der Waals surface area (Å²) in [6.07, 6.45) is 2.00. The third kappa shape index (κ3) is 5.84. The number of rotatable bonds is 9. The fourth-order valence-corrected chi connectivity index (χ4v) is 5.52. The van der Waals surface area contributed by atoms with Gasteiger partial charge in [-0.3, -0.25) is 9.78 Å². The van der Waals surface area contributed by atoms with Crippen molar-refractivity contribution >= 4 is 40.7 Å². The van der Waals surface area contributed by atoms with Crippen molar-refractivity contribution in [3.63, 3.8) is 0 Å². The maximum Gasteiger partial charge on any atom is 0.226 e. The lowest BCUT2D eigenvalue weighted by Crippen LogP contribution is -2.32. The Morgan fingerprint density at radius 1 is 1.11 bits per heavy atom. The number of ether oxygens (including phenoxy) is 1. The second-order valence-electron chi connectivity index (χ2n) is 8.89. The van der Waals surface area contributed by atoms with E-state index in [0.717, 1.165) is 21.4 Å². The molecule has 3 heterocycles. The summed E-state index contributed by atoms with van der Waals surface area (Å²) in [6.45, 7) is 2.47. The van der Waals surface area contributed by atoms with Crippen molar-refractivity contribution in [2.45, 2.75) is 35.4 Å². The van der Waals surface area contributed by atoms with Gasteiger partial charge >= 0.3 is 0 Å². The van der Waals surface area contributed by atoms with Crippen LogP contribution in [-0.4, -0.2) is 34.6 Å². The van der Waals surface area contributed by atoms with Gasteiger partial charge in [0, 0.05) is 24.1 Å². The van der Waals surface area contributed by atoms with Crippen molar-refractivity contribution in [3.05, 3.63) is 102 Å². The smallest absolute Gasteiger partial charge is 0.226 e. The number of furan rings is 1. The van der Waals surface area contributed by atoms with E-state index in [-0.39, 0.29) is 24.4 Å². The van der Waals surface area contributed by atoms with E-state index in [0.29, 0.717) is 23.1 Å². The molecule has 0 spiro atoms. The summed E-state index contributed by atoms with van der Waals surface area (Å²) < 4.78 is 11.7. The number of aryl methyl sites for hydroxylation is 1. The van der Waals surface area contributed by atoms with Gasteiger partial charge in [-0.25, -0.2) is 0 Å². The molecular formula is C29H28N4O3S2. The summed E-state index contributed by atoms with van der Waals surface area (Å²) in [7, 11) is 1.58. The predicted molar refractivity (Wildman–Crippen MR) is 152 cm³/mol. The Morgan fingerprint density at radius 3 is 2.66 bits per heavy atom. The second-order valence-corrected chi connectivity index (χ2v) is 10.4. The molecule has 1 aliphatic rings. The van der Waals surface area contributed by atoms with Crippen molar-refractivity contribution in [2.24, 2.45) is 0 Å². The fourth-order valence-electron chi connectivity index (χ4n) is 4.41. The van der Waals surface area contributed by atoms with E-state index in [1.807, 2.05) is 59.5 Å². The number of nitrogens with one attached hydrogen (secondary N) is 2. The van der Waals surface area contributed by atoms with Crippen molar-refractivity contribution < 1.29 is 13.9 Å². The molecule has 0 bridgehead atoms. The molecule has 1 aliphatic heterocycles. The highest BCUT2D eigenvalue weighted by molar-refractivity contribution is 7.99. The molecule has 194 valence electrons. The molecule has 5 rings (SSSR count). The Bertz CT molecular complexity index is 1410. The fraction of sp³-hybridized carbons (Fsp3) is 0.207. The molecule has 1 saturated heterocycles. The van der Waals surface area contributed by atoms with Gasteiger partial charge in [0.2, 0.25) is 5.91 Å². The minimum atomic E-state index is -0.260. The van der Waals surface area contributed by atoms with E-state index in [1.165, 1.54) is 5.56 Å². The minimum Gasteiger partial charge on any atom is -0.495 e. The zero-order valence-electron chi connectivity index (χ0n) is 21.1. The first-order chi connectivity index (χ1) is 18.5. The van der Waals surface area contributed by atoms with Crippen LogP contribution >= 0.6 is 24.0 Å². The lowest BCUT2D eigenvalue weighted by atomic mass is 10.0. The molecule has 0 aliphatic carbocycles. The van der Waals surface area contributed by atoms with Crippen LogP contribution in [0.2, 0.25) is 0 Å². The second kappa shape index (κ2) is 11.7. The number of carbonyl (C=O) groups is 1. The normalized spacial score (nSPS) is 16.8. The molecule has 2 atom stereocenters. The zero-order chi connectivity index (χ0) is 26.5. The first-order valence-corrected chi connectivity index (χ1v) is 13.5. The van der Waals surface area contributed by atoms with E-state index < -0.39 is 0 Å². The van der Waals surface area contributed by atoms with Crippen LogP contribution in [0.4, 0.5) is 5.69 Å². The third-order valence-electron chi connectivity index (χ3n) is 6.29. The van der Waals surface area contributed by atoms with Gasteiger partial charge in [0.05, 0.1) is 24.5 Å². The highest BCUT2D eigenvalue weighted by Crippen LogP contribution is 2.41. The van der Waals surface area contributed by atoms with Crippen LogP contribution in [0.5, 0.6) is 5.75 Å². The van der Waals surface area contributed by atoms with E-state index in [1.54, 1.807) is 25.1 Å². The molecular weight excluding hydrogens is 516 g/mol. The molecule has 4 aromatic rings. The van der Waals surface area contributed by atoms with Gasteiger partial charge in [-0.05, 0) is 67.7 Å². The number of hydrogen-bond acceptors (Lipinski definition) is 6. The Morgan fingerprint density at radius 2 is 1.89 bits per heavy atom. The molecule has 1 fully saturated rings. The van der Waals surface area contributed by atoms with Crippen LogP contribution in [0.1, 0.15) is 35.5 Å². The van der Waals surface area contributed by atoms with Gasteiger partial charge in [0.15, 0.2) is 10.2 Å². The summed E-state index contributed by atoms with van der Waals surface area (Å²) in [5.41, 5.74) is 2.70. The lowest BCUT2D eigenvalue weighted by Gasteiger charge is -2.25. The predicted octanol–water partition coefficient (Wildman–Crippen LogP) is 6.14. The van der Waals surface area contributed by atoms with Crippen LogP contribution in [0.3, 0.4) is 0 Å². The zero-order valence-corrected chi connectivity index (χ0v) is 22.7. The molecule has 2 N–H and O–H groups in total. The standard InChI is InChI=1S/C29H28N4O3S2/c1-19-10-12-20(13-11-19)38-26-15-14-24(36-26)28-27(22-8-5-6-17-30-22)32-29(37)33(28)18-16-25(34)31-21-7-3-4-9-23(21)35-2/h3-15,17,27-28H,16,18H2,1-2H3,(H,31,34)(H,32,37)/t27-,28-/m0/s1. The van der Waals surface area contributed by atoms with Crippen LogP contribution in [0, 0.1) is 6.92 Å². The van der Waals surface area contributed by atoms with Gasteiger partial charge in [-0.1, -0.05) is 47.7 Å². The van der Waals surface area contributed by atoms with Crippen molar-refractivity contribution in [1.82, 2.24) is 15.2 Å². The number of thiocarbonyl (C=S) groups is 1. The average Bonchev–Trinajstić information content (AvgIpc) is 3.53. The van der Waals surface area contributed by atoms with Crippen LogP contribution in [0.15, 0.2) is 99.5 Å². The van der Waals surface area contributed by atoms with Crippen LogP contribution < -0.4 is 15.4 Å². The van der Waals surface area contributed by atoms with Crippen molar-refractivity contribution in [2.75, 3.05) is 19.0 Å². The van der Waals surface area contributed by atoms with Gasteiger partial charge in [-0.15, -0.1) is 0 Å². The number of hydrogen-bond donors (Lipinski definition) is 2. The number of methoxy groups -OCH3 is 1. The number of nitrogens with zero attached hydrogens (tertiary/aromatic N) is 2. The molecule has 0 radical (unpaired) electrons. The highest BCUT2D eigenvalue weighted by atomic mass is 32.2. The molecule has 38 heavy (non-hydrogen) atoms. The SMILES string of the molecule is COc1ccccc1NC(=O)CCN1C(=S)N[C@@H](c2ccccn2)[C@@H]1c1ccc(Sc2ccc(C)cc2)o1. The molecule has 1 amide bonds. The Hall–Kier alpha value is -3.82. The van der Waals surface area contributed by atoms with Crippen molar-refractivity contribution in [3.8, 4) is 5.75 Å². The Kier molecular flexibility index (Phi) is 7.95. The summed E-state index contributed by atoms with van der Waals surface area (Å²) in [4.78, 5) is 20.6. The van der Waals surface area contributed by atoms with E-state index in [2.05, 4.69) is 46.8 Å². The number of anilines is 1. The van der Waals surface area contributed by atoms with Crippen LogP contribution in [0.25, 0.3) is 0 Å². The topological polar surface area (TPSA) is 79.6 Å². The van der Waals surface area contributed by atoms with Crippen molar-refractivity contribution in [1.29, 1.82) is 0 Å². The van der Waals surface area contributed by atoms with Gasteiger partial charge in [0.1, 0.15) is 17.6 Å². The Balaban J connectivity index is 1.36. The molecule has 2 aromatic carbocycles. The first-order valence-electron chi connectivity index (χ1n) is 12.3. The first kappa shape index (κ1) is 25.8. The molecule has 2 aromatic heterocycles. The monoisotopic (exact) mass is 544 g/mol. The summed E-state index contributed by atoms with van der Waals surface area (Å²) in [6, 6.07) is 25.0. The van der Waals surface area contributed by atoms with E-state index in [9.17, 15) is 4.79 Å². The number of benzene rings is 2. The third-order valence-corrected chi connectivity index (χ3v) is 7.57. The number of para-hydroxylation sites is 2. The molecule has 9 heteroatoms. The van der Waals surface area contributed by atoms with E-state index in [4.69, 9.17) is 21.4 Å². The maximum absolute atomic E-state index is 12.9. The van der Waals surface area contributed by atoms with Crippen LogP contribution in [-0.2, 0) is 4.79 Å². The number of aromatic nitrogens is 1. The van der Waals surface area contributed by atoms with E-state index >= 15 is 0 Å². The molecule has 0 saturated carbocycles. The lowest BCUT2D eigenvalue weighted by molar-refractivity contribution is -0.116. The van der Waals surface area contributed by atoms with Gasteiger partial charge in [0.25, 0.3) is 0 Å². The van der Waals surface area contributed by atoms with Gasteiger partial charge < -0.3 is 24.7 Å². The number of carbonyl (C=O) groups excluding carboxylic acids is 1. The summed E-state index contributed by atoms with van der Waals surface area (Å²) in [5.74, 6) is 1.24. The highest BCUT2D eigenvalue weighted by Gasteiger charge is 2.41. The number of pyridine rings is 1. The average molecular weight is 545 g/mol. The summed E-state index contributed by atoms with van der Waals surface area (Å²) in [5, 5.41) is 7.68. The maximum atomic E-state index is 12.9.